The lowest BCUT2D eigenvalue weighted by molar-refractivity contribution is 0.0908. The van der Waals surface area contributed by atoms with Gasteiger partial charge in [0.25, 0.3) is 5.91 Å². The minimum absolute atomic E-state index is 0.155. The maximum absolute atomic E-state index is 12.5. The van der Waals surface area contributed by atoms with Crippen molar-refractivity contribution in [2.75, 3.05) is 13.7 Å². The van der Waals surface area contributed by atoms with E-state index in [-0.39, 0.29) is 18.6 Å². The molecule has 1 aromatic heterocycles. The summed E-state index contributed by atoms with van der Waals surface area (Å²) in [6.45, 7) is 2.24. The molecular weight excluding hydrogens is 318 g/mol. The van der Waals surface area contributed by atoms with Crippen LogP contribution in [-0.2, 0) is 0 Å². The third-order valence-electron chi connectivity index (χ3n) is 4.84. The maximum Gasteiger partial charge on any atom is 0.272 e. The molecule has 0 saturated heterocycles. The van der Waals surface area contributed by atoms with Crippen molar-refractivity contribution >= 4 is 5.91 Å². The number of carbonyl (C=O) groups excluding carboxylic acids is 1. The second-order valence-electron chi connectivity index (χ2n) is 6.69. The van der Waals surface area contributed by atoms with E-state index in [4.69, 9.17) is 4.74 Å². The van der Waals surface area contributed by atoms with Crippen molar-refractivity contribution in [2.45, 2.75) is 38.6 Å². The van der Waals surface area contributed by atoms with Gasteiger partial charge in [-0.3, -0.25) is 4.79 Å². The molecule has 1 amide bonds. The number of hydrogen-bond acceptors (Lipinski definition) is 4. The molecule has 25 heavy (non-hydrogen) atoms. The lowest BCUT2D eigenvalue weighted by Gasteiger charge is -2.27. The zero-order valence-corrected chi connectivity index (χ0v) is 14.7. The van der Waals surface area contributed by atoms with E-state index in [0.29, 0.717) is 17.4 Å². The summed E-state index contributed by atoms with van der Waals surface area (Å²) in [6.07, 6.45) is 5.49. The van der Waals surface area contributed by atoms with Crippen molar-refractivity contribution < 1.29 is 14.6 Å². The van der Waals surface area contributed by atoms with Gasteiger partial charge in [-0.25, -0.2) is 4.68 Å². The fourth-order valence-electron chi connectivity index (χ4n) is 3.31. The molecule has 1 heterocycles. The quantitative estimate of drug-likeness (QED) is 0.874. The number of aromatic nitrogens is 2. The van der Waals surface area contributed by atoms with E-state index in [1.54, 1.807) is 24.1 Å². The first kappa shape index (κ1) is 17.5. The molecule has 6 nitrogen and oxygen atoms in total. The van der Waals surface area contributed by atoms with Crippen LogP contribution in [0.1, 0.15) is 41.7 Å². The zero-order valence-electron chi connectivity index (χ0n) is 14.7. The Morgan fingerprint density at radius 2 is 2.08 bits per heavy atom. The molecule has 2 N–H and O–H groups in total. The van der Waals surface area contributed by atoms with E-state index >= 15 is 0 Å². The first-order chi connectivity index (χ1) is 12.1. The summed E-state index contributed by atoms with van der Waals surface area (Å²) in [6, 6.07) is 7.72. The van der Waals surface area contributed by atoms with Crippen molar-refractivity contribution in [1.82, 2.24) is 15.1 Å². The molecule has 0 aliphatic heterocycles. The number of methoxy groups -OCH3 is 1. The van der Waals surface area contributed by atoms with Crippen LogP contribution in [-0.4, -0.2) is 40.6 Å². The average molecular weight is 343 g/mol. The highest BCUT2D eigenvalue weighted by molar-refractivity contribution is 5.92. The third kappa shape index (κ3) is 4.02. The number of ether oxygens (including phenoxy) is 1. The summed E-state index contributed by atoms with van der Waals surface area (Å²) < 4.78 is 7.05. The Labute approximate surface area is 147 Å². The number of carbonyl (C=O) groups is 1. The van der Waals surface area contributed by atoms with Crippen molar-refractivity contribution in [2.24, 2.45) is 5.92 Å². The topological polar surface area (TPSA) is 76.4 Å². The fourth-order valence-corrected chi connectivity index (χ4v) is 3.31. The minimum Gasteiger partial charge on any atom is -0.494 e. The SMILES string of the molecule is COc1ccc(C)cc1-n1ccc(C(=O)NC2CCC(CO)CC2)n1. The van der Waals surface area contributed by atoms with Gasteiger partial charge in [-0.15, -0.1) is 0 Å². The van der Waals surface area contributed by atoms with Gasteiger partial charge in [0, 0.05) is 18.8 Å². The first-order valence-electron chi connectivity index (χ1n) is 8.73. The smallest absolute Gasteiger partial charge is 0.272 e. The van der Waals surface area contributed by atoms with E-state index in [2.05, 4.69) is 10.4 Å². The number of nitrogens with one attached hydrogen (secondary N) is 1. The molecule has 0 bridgehead atoms. The summed E-state index contributed by atoms with van der Waals surface area (Å²) in [5.74, 6) is 0.932. The number of aliphatic hydroxyl groups is 1. The van der Waals surface area contributed by atoms with E-state index < -0.39 is 0 Å². The van der Waals surface area contributed by atoms with Gasteiger partial charge in [-0.05, 0) is 62.3 Å². The summed E-state index contributed by atoms with van der Waals surface area (Å²) in [5.41, 5.74) is 2.30. The molecule has 1 aliphatic carbocycles. The fraction of sp³-hybridized carbons (Fsp3) is 0.474. The van der Waals surface area contributed by atoms with Gasteiger partial charge in [0.1, 0.15) is 11.4 Å². The molecule has 2 aromatic rings. The largest absolute Gasteiger partial charge is 0.494 e. The molecule has 0 spiro atoms. The molecule has 134 valence electrons. The lowest BCUT2D eigenvalue weighted by Crippen LogP contribution is -2.38. The van der Waals surface area contributed by atoms with Crippen LogP contribution in [0.2, 0.25) is 0 Å². The van der Waals surface area contributed by atoms with Gasteiger partial charge in [0.05, 0.1) is 7.11 Å². The van der Waals surface area contributed by atoms with E-state index in [9.17, 15) is 9.90 Å². The molecule has 0 radical (unpaired) electrons. The van der Waals surface area contributed by atoms with Crippen molar-refractivity contribution in [3.05, 3.63) is 41.7 Å². The Bertz CT molecular complexity index is 733. The molecule has 1 aliphatic rings. The van der Waals surface area contributed by atoms with Crippen LogP contribution in [0, 0.1) is 12.8 Å². The Kier molecular flexibility index (Phi) is 5.38. The Hall–Kier alpha value is -2.34. The lowest BCUT2D eigenvalue weighted by atomic mass is 9.86. The van der Waals surface area contributed by atoms with Gasteiger partial charge < -0.3 is 15.2 Å². The van der Waals surface area contributed by atoms with E-state index in [1.807, 2.05) is 25.1 Å². The molecule has 1 saturated carbocycles. The second-order valence-corrected chi connectivity index (χ2v) is 6.69. The van der Waals surface area contributed by atoms with Crippen LogP contribution in [0.15, 0.2) is 30.5 Å². The highest BCUT2D eigenvalue weighted by Crippen LogP contribution is 2.25. The third-order valence-corrected chi connectivity index (χ3v) is 4.84. The first-order valence-corrected chi connectivity index (χ1v) is 8.73. The van der Waals surface area contributed by atoms with Gasteiger partial charge in [-0.2, -0.15) is 5.10 Å². The van der Waals surface area contributed by atoms with Crippen molar-refractivity contribution in [3.63, 3.8) is 0 Å². The summed E-state index contributed by atoms with van der Waals surface area (Å²) >= 11 is 0. The van der Waals surface area contributed by atoms with Crippen LogP contribution < -0.4 is 10.1 Å². The highest BCUT2D eigenvalue weighted by atomic mass is 16.5. The number of rotatable bonds is 5. The highest BCUT2D eigenvalue weighted by Gasteiger charge is 2.23. The molecule has 0 atom stereocenters. The molecule has 0 unspecified atom stereocenters. The van der Waals surface area contributed by atoms with Gasteiger partial charge in [0.2, 0.25) is 0 Å². The van der Waals surface area contributed by atoms with Crippen LogP contribution in [0.25, 0.3) is 5.69 Å². The predicted octanol–water partition coefficient (Wildman–Crippen LogP) is 2.47. The zero-order chi connectivity index (χ0) is 17.8. The Morgan fingerprint density at radius 1 is 1.32 bits per heavy atom. The predicted molar refractivity (Wildman–Crippen MR) is 95.2 cm³/mol. The molecule has 1 aromatic carbocycles. The molecule has 1 fully saturated rings. The second kappa shape index (κ2) is 7.70. The Morgan fingerprint density at radius 3 is 2.76 bits per heavy atom. The maximum atomic E-state index is 12.5. The monoisotopic (exact) mass is 343 g/mol. The summed E-state index contributed by atoms with van der Waals surface area (Å²) in [5, 5.41) is 16.7. The standard InChI is InChI=1S/C19H25N3O3/c1-13-3-8-18(25-2)17(11-13)22-10-9-16(21-22)19(24)20-15-6-4-14(12-23)5-7-15/h3,8-11,14-15,23H,4-7,12H2,1-2H3,(H,20,24). The number of aliphatic hydroxyl groups excluding tert-OH is 1. The number of amides is 1. The van der Waals surface area contributed by atoms with Crippen LogP contribution in [0.4, 0.5) is 0 Å². The minimum atomic E-state index is -0.155. The molecule has 6 heteroatoms. The van der Waals surface area contributed by atoms with Crippen molar-refractivity contribution in [3.8, 4) is 11.4 Å². The Balaban J connectivity index is 1.69. The van der Waals surface area contributed by atoms with Gasteiger partial charge in [0.15, 0.2) is 5.69 Å². The number of aryl methyl sites for hydroxylation is 1. The number of hydrogen-bond donors (Lipinski definition) is 2. The van der Waals surface area contributed by atoms with Crippen LogP contribution in [0.3, 0.4) is 0 Å². The normalized spacial score (nSPS) is 20.3. The summed E-state index contributed by atoms with van der Waals surface area (Å²) in [7, 11) is 1.62. The van der Waals surface area contributed by atoms with E-state index in [1.165, 1.54) is 0 Å². The van der Waals surface area contributed by atoms with Gasteiger partial charge in [-0.1, -0.05) is 6.07 Å². The average Bonchev–Trinajstić information content (AvgIpc) is 3.12. The van der Waals surface area contributed by atoms with Crippen LogP contribution in [0.5, 0.6) is 5.75 Å². The van der Waals surface area contributed by atoms with Gasteiger partial charge >= 0.3 is 0 Å². The summed E-state index contributed by atoms with van der Waals surface area (Å²) in [4.78, 5) is 12.5. The van der Waals surface area contributed by atoms with Crippen LogP contribution >= 0.6 is 0 Å². The molecule has 3 rings (SSSR count). The molecular formula is C19H25N3O3. The number of nitrogens with zero attached hydrogens (tertiary/aromatic N) is 2. The van der Waals surface area contributed by atoms with Crippen molar-refractivity contribution in [1.29, 1.82) is 0 Å². The van der Waals surface area contributed by atoms with E-state index in [0.717, 1.165) is 36.9 Å². The number of benzene rings is 1.